The summed E-state index contributed by atoms with van der Waals surface area (Å²) in [5.41, 5.74) is 7.98. The lowest BCUT2D eigenvalue weighted by atomic mass is 9.90. The standard InChI is InChI=1S/C16H22N2O/c1-12-4-2-3-5-14(12)16(7-8-16)15(19)18-9-6-13(10-17)11-18/h2-5,13H,6-11,17H2,1H3/t13-/m0/s1. The molecular weight excluding hydrogens is 236 g/mol. The first-order chi connectivity index (χ1) is 9.17. The maximum Gasteiger partial charge on any atom is 0.233 e. The Morgan fingerprint density at radius 1 is 1.42 bits per heavy atom. The second-order valence-electron chi connectivity index (χ2n) is 6.04. The van der Waals surface area contributed by atoms with Gasteiger partial charge in [0.1, 0.15) is 0 Å². The quantitative estimate of drug-likeness (QED) is 0.899. The Bertz CT molecular complexity index is 493. The largest absolute Gasteiger partial charge is 0.342 e. The number of benzene rings is 1. The predicted molar refractivity (Wildman–Crippen MR) is 75.8 cm³/mol. The molecule has 2 fully saturated rings. The summed E-state index contributed by atoms with van der Waals surface area (Å²) in [6.45, 7) is 4.54. The molecule has 2 N–H and O–H groups in total. The normalized spacial score (nSPS) is 24.5. The van der Waals surface area contributed by atoms with Gasteiger partial charge in [-0.3, -0.25) is 4.79 Å². The van der Waals surface area contributed by atoms with E-state index in [2.05, 4.69) is 19.1 Å². The first-order valence-electron chi connectivity index (χ1n) is 7.23. The van der Waals surface area contributed by atoms with Crippen LogP contribution in [0, 0.1) is 12.8 Å². The molecular formula is C16H22N2O. The van der Waals surface area contributed by atoms with Crippen molar-refractivity contribution in [3.8, 4) is 0 Å². The summed E-state index contributed by atoms with van der Waals surface area (Å²) in [5.74, 6) is 0.828. The second-order valence-corrected chi connectivity index (χ2v) is 6.04. The average molecular weight is 258 g/mol. The van der Waals surface area contributed by atoms with Crippen LogP contribution in [0.4, 0.5) is 0 Å². The van der Waals surface area contributed by atoms with Gasteiger partial charge in [0.05, 0.1) is 5.41 Å². The SMILES string of the molecule is Cc1ccccc1C1(C(=O)N2CC[C@@H](CN)C2)CC1. The predicted octanol–water partition coefficient (Wildman–Crippen LogP) is 1.83. The van der Waals surface area contributed by atoms with Crippen LogP contribution in [0.2, 0.25) is 0 Å². The van der Waals surface area contributed by atoms with E-state index >= 15 is 0 Å². The molecule has 3 nitrogen and oxygen atoms in total. The molecule has 1 aromatic rings. The van der Waals surface area contributed by atoms with Crippen LogP contribution in [0.15, 0.2) is 24.3 Å². The molecule has 1 saturated heterocycles. The summed E-state index contributed by atoms with van der Waals surface area (Å²) < 4.78 is 0. The van der Waals surface area contributed by atoms with E-state index in [4.69, 9.17) is 5.73 Å². The number of carbonyl (C=O) groups excluding carboxylic acids is 1. The molecule has 0 unspecified atom stereocenters. The molecule has 1 saturated carbocycles. The van der Waals surface area contributed by atoms with E-state index < -0.39 is 0 Å². The number of aryl methyl sites for hydroxylation is 1. The van der Waals surface area contributed by atoms with Crippen molar-refractivity contribution in [2.75, 3.05) is 19.6 Å². The number of rotatable bonds is 3. The third-order valence-corrected chi connectivity index (χ3v) is 4.73. The first-order valence-corrected chi connectivity index (χ1v) is 7.23. The highest BCUT2D eigenvalue weighted by atomic mass is 16.2. The number of nitrogens with zero attached hydrogens (tertiary/aromatic N) is 1. The molecule has 0 radical (unpaired) electrons. The van der Waals surface area contributed by atoms with Gasteiger partial charge in [-0.15, -0.1) is 0 Å². The van der Waals surface area contributed by atoms with Gasteiger partial charge in [0, 0.05) is 13.1 Å². The van der Waals surface area contributed by atoms with Gasteiger partial charge in [0.25, 0.3) is 0 Å². The topological polar surface area (TPSA) is 46.3 Å². The van der Waals surface area contributed by atoms with E-state index in [1.54, 1.807) is 0 Å². The first kappa shape index (κ1) is 12.7. The molecule has 1 atom stereocenters. The fourth-order valence-corrected chi connectivity index (χ4v) is 3.35. The summed E-state index contributed by atoms with van der Waals surface area (Å²) in [6.07, 6.45) is 3.06. The van der Waals surface area contributed by atoms with E-state index in [1.165, 1.54) is 11.1 Å². The zero-order valence-electron chi connectivity index (χ0n) is 11.6. The maximum atomic E-state index is 12.8. The molecule has 0 aromatic heterocycles. The zero-order valence-corrected chi connectivity index (χ0v) is 11.6. The highest BCUT2D eigenvalue weighted by Gasteiger charge is 2.54. The number of amides is 1. The third-order valence-electron chi connectivity index (χ3n) is 4.73. The van der Waals surface area contributed by atoms with Crippen LogP contribution in [0.1, 0.15) is 30.4 Å². The van der Waals surface area contributed by atoms with E-state index in [1.807, 2.05) is 17.0 Å². The summed E-state index contributed by atoms with van der Waals surface area (Å²) >= 11 is 0. The third kappa shape index (κ3) is 2.06. The maximum absolute atomic E-state index is 12.8. The number of likely N-dealkylation sites (tertiary alicyclic amines) is 1. The van der Waals surface area contributed by atoms with Gasteiger partial charge in [-0.1, -0.05) is 24.3 Å². The van der Waals surface area contributed by atoms with Gasteiger partial charge >= 0.3 is 0 Å². The lowest BCUT2D eigenvalue weighted by molar-refractivity contribution is -0.133. The van der Waals surface area contributed by atoms with Crippen LogP contribution in [0.25, 0.3) is 0 Å². The Morgan fingerprint density at radius 3 is 2.74 bits per heavy atom. The molecule has 3 heteroatoms. The summed E-state index contributed by atoms with van der Waals surface area (Å²) in [6, 6.07) is 8.31. The second kappa shape index (κ2) is 4.64. The molecule has 1 heterocycles. The molecule has 2 aliphatic rings. The highest BCUT2D eigenvalue weighted by Crippen LogP contribution is 2.51. The summed E-state index contributed by atoms with van der Waals surface area (Å²) in [4.78, 5) is 14.9. The van der Waals surface area contributed by atoms with Crippen molar-refractivity contribution in [2.24, 2.45) is 11.7 Å². The Hall–Kier alpha value is -1.35. The lowest BCUT2D eigenvalue weighted by Gasteiger charge is -2.24. The molecule has 102 valence electrons. The van der Waals surface area contributed by atoms with Crippen LogP contribution >= 0.6 is 0 Å². The monoisotopic (exact) mass is 258 g/mol. The molecule has 1 aliphatic heterocycles. The fourth-order valence-electron chi connectivity index (χ4n) is 3.35. The van der Waals surface area contributed by atoms with Crippen molar-refractivity contribution in [3.63, 3.8) is 0 Å². The van der Waals surface area contributed by atoms with Gasteiger partial charge in [-0.2, -0.15) is 0 Å². The highest BCUT2D eigenvalue weighted by molar-refractivity contribution is 5.92. The molecule has 0 spiro atoms. The van der Waals surface area contributed by atoms with E-state index in [-0.39, 0.29) is 5.41 Å². The van der Waals surface area contributed by atoms with Gasteiger partial charge in [-0.25, -0.2) is 0 Å². The zero-order chi connectivity index (χ0) is 13.5. The minimum Gasteiger partial charge on any atom is -0.342 e. The number of nitrogens with two attached hydrogens (primary N) is 1. The minimum absolute atomic E-state index is 0.213. The van der Waals surface area contributed by atoms with Crippen molar-refractivity contribution in [3.05, 3.63) is 35.4 Å². The minimum atomic E-state index is -0.213. The summed E-state index contributed by atoms with van der Waals surface area (Å²) in [5, 5.41) is 0. The van der Waals surface area contributed by atoms with Crippen LogP contribution in [0.3, 0.4) is 0 Å². The number of hydrogen-bond acceptors (Lipinski definition) is 2. The molecule has 1 amide bonds. The van der Waals surface area contributed by atoms with Gasteiger partial charge in [0.15, 0.2) is 0 Å². The Balaban J connectivity index is 1.82. The van der Waals surface area contributed by atoms with Crippen molar-refractivity contribution in [1.29, 1.82) is 0 Å². The number of hydrogen-bond donors (Lipinski definition) is 1. The molecule has 1 aliphatic carbocycles. The van der Waals surface area contributed by atoms with E-state index in [0.29, 0.717) is 18.4 Å². The number of carbonyl (C=O) groups is 1. The Morgan fingerprint density at radius 2 is 2.16 bits per heavy atom. The van der Waals surface area contributed by atoms with Crippen molar-refractivity contribution >= 4 is 5.91 Å². The molecule has 19 heavy (non-hydrogen) atoms. The lowest BCUT2D eigenvalue weighted by Crippen LogP contribution is -2.38. The van der Waals surface area contributed by atoms with Crippen LogP contribution in [-0.4, -0.2) is 30.4 Å². The Labute approximate surface area is 114 Å². The smallest absolute Gasteiger partial charge is 0.233 e. The molecule has 1 aromatic carbocycles. The molecule has 3 rings (SSSR count). The van der Waals surface area contributed by atoms with Crippen molar-refractivity contribution < 1.29 is 4.79 Å². The van der Waals surface area contributed by atoms with Gasteiger partial charge in [-0.05, 0) is 49.8 Å². The van der Waals surface area contributed by atoms with E-state index in [9.17, 15) is 4.79 Å². The van der Waals surface area contributed by atoms with E-state index in [0.717, 1.165) is 32.4 Å². The molecule has 0 bridgehead atoms. The summed E-state index contributed by atoms with van der Waals surface area (Å²) in [7, 11) is 0. The Kier molecular flexibility index (Phi) is 3.09. The van der Waals surface area contributed by atoms with Crippen LogP contribution in [0.5, 0.6) is 0 Å². The van der Waals surface area contributed by atoms with Crippen LogP contribution < -0.4 is 5.73 Å². The van der Waals surface area contributed by atoms with Crippen molar-refractivity contribution in [2.45, 2.75) is 31.6 Å². The average Bonchev–Trinajstić information content (AvgIpc) is 3.09. The van der Waals surface area contributed by atoms with Gasteiger partial charge < -0.3 is 10.6 Å². The van der Waals surface area contributed by atoms with Crippen molar-refractivity contribution in [1.82, 2.24) is 4.90 Å². The fraction of sp³-hybridized carbons (Fsp3) is 0.562. The van der Waals surface area contributed by atoms with Gasteiger partial charge in [0.2, 0.25) is 5.91 Å². The van der Waals surface area contributed by atoms with Crippen LogP contribution in [-0.2, 0) is 10.2 Å².